The van der Waals surface area contributed by atoms with E-state index in [1.807, 2.05) is 37.5 Å². The highest BCUT2D eigenvalue weighted by Crippen LogP contribution is 2.16. The molecule has 1 atom stereocenters. The van der Waals surface area contributed by atoms with E-state index in [1.54, 1.807) is 0 Å². The highest BCUT2D eigenvalue weighted by atomic mass is 16.5. The van der Waals surface area contributed by atoms with E-state index in [9.17, 15) is 4.79 Å². The van der Waals surface area contributed by atoms with Crippen molar-refractivity contribution >= 4 is 5.91 Å². The van der Waals surface area contributed by atoms with E-state index in [0.29, 0.717) is 0 Å². The molecule has 5 nitrogen and oxygen atoms in total. The maximum absolute atomic E-state index is 12.0. The zero-order valence-electron chi connectivity index (χ0n) is 13.0. The van der Waals surface area contributed by atoms with Crippen LogP contribution in [0, 0.1) is 13.8 Å². The van der Waals surface area contributed by atoms with Gasteiger partial charge in [0.05, 0.1) is 0 Å². The van der Waals surface area contributed by atoms with Crippen LogP contribution in [-0.2, 0) is 17.8 Å². The van der Waals surface area contributed by atoms with Gasteiger partial charge in [0.25, 0.3) is 5.91 Å². The number of hydrogen-bond acceptors (Lipinski definition) is 3. The van der Waals surface area contributed by atoms with Gasteiger partial charge in [0.1, 0.15) is 11.6 Å². The summed E-state index contributed by atoms with van der Waals surface area (Å²) >= 11 is 0. The molecule has 0 saturated carbocycles. The Hall–Kier alpha value is -2.30. The molecule has 1 amide bonds. The average Bonchev–Trinajstić information content (AvgIpc) is 2.96. The summed E-state index contributed by atoms with van der Waals surface area (Å²) < 4.78 is 7.66. The van der Waals surface area contributed by atoms with E-state index < -0.39 is 0 Å². The van der Waals surface area contributed by atoms with Crippen molar-refractivity contribution in [1.82, 2.24) is 14.9 Å². The van der Waals surface area contributed by atoms with Crippen molar-refractivity contribution in [3.8, 4) is 5.75 Å². The van der Waals surface area contributed by atoms with Crippen molar-refractivity contribution < 1.29 is 9.53 Å². The number of carbonyl (C=O) groups excluding carboxylic acids is 1. The van der Waals surface area contributed by atoms with Gasteiger partial charge in [-0.15, -0.1) is 0 Å². The lowest BCUT2D eigenvalue weighted by atomic mass is 10.1. The number of amides is 1. The van der Waals surface area contributed by atoms with Crippen LogP contribution in [0.3, 0.4) is 0 Å². The van der Waals surface area contributed by atoms with Crippen molar-refractivity contribution in [3.63, 3.8) is 0 Å². The third kappa shape index (κ3) is 3.30. The molecule has 0 saturated heterocycles. The number of nitrogens with one attached hydrogen (secondary N) is 1. The van der Waals surface area contributed by atoms with Crippen molar-refractivity contribution in [2.75, 3.05) is 6.61 Å². The number of aromatic nitrogens is 2. The lowest BCUT2D eigenvalue weighted by molar-refractivity contribution is -0.124. The molecule has 5 heteroatoms. The molecular formula is C17H21N3O2. The first kappa shape index (κ1) is 14.6. The smallest absolute Gasteiger partial charge is 0.258 e. The number of ether oxygens (including phenoxy) is 1. The first-order valence-electron chi connectivity index (χ1n) is 7.61. The monoisotopic (exact) mass is 299 g/mol. The summed E-state index contributed by atoms with van der Waals surface area (Å²) in [5.74, 6) is 1.75. The van der Waals surface area contributed by atoms with E-state index >= 15 is 0 Å². The molecule has 1 aliphatic rings. The molecule has 0 spiro atoms. The van der Waals surface area contributed by atoms with Gasteiger partial charge >= 0.3 is 0 Å². The predicted molar refractivity (Wildman–Crippen MR) is 83.9 cm³/mol. The van der Waals surface area contributed by atoms with Gasteiger partial charge in [-0.25, -0.2) is 4.98 Å². The highest BCUT2D eigenvalue weighted by molar-refractivity contribution is 5.77. The SMILES string of the molecule is Cc1ccc(OCC(=O)NC2CCc3nccn3C2)cc1C. The number of carbonyl (C=O) groups is 1. The highest BCUT2D eigenvalue weighted by Gasteiger charge is 2.20. The van der Waals surface area contributed by atoms with E-state index in [0.717, 1.165) is 36.5 Å². The molecule has 1 aromatic heterocycles. The Morgan fingerprint density at radius 1 is 1.41 bits per heavy atom. The summed E-state index contributed by atoms with van der Waals surface area (Å²) in [7, 11) is 0. The van der Waals surface area contributed by atoms with Crippen molar-refractivity contribution in [2.24, 2.45) is 0 Å². The van der Waals surface area contributed by atoms with Crippen molar-refractivity contribution in [3.05, 3.63) is 47.5 Å². The number of nitrogens with zero attached hydrogens (tertiary/aromatic N) is 2. The topological polar surface area (TPSA) is 56.1 Å². The molecule has 0 radical (unpaired) electrons. The number of fused-ring (bicyclic) bond motifs is 1. The van der Waals surface area contributed by atoms with Crippen molar-refractivity contribution in [2.45, 2.75) is 39.3 Å². The molecular weight excluding hydrogens is 278 g/mol. The molecule has 2 aromatic rings. The molecule has 1 aromatic carbocycles. The van der Waals surface area contributed by atoms with Crippen LogP contribution in [-0.4, -0.2) is 28.1 Å². The lowest BCUT2D eigenvalue weighted by Crippen LogP contribution is -2.42. The zero-order valence-corrected chi connectivity index (χ0v) is 13.0. The van der Waals surface area contributed by atoms with Crippen LogP contribution in [0.1, 0.15) is 23.4 Å². The van der Waals surface area contributed by atoms with E-state index in [2.05, 4.69) is 21.8 Å². The number of rotatable bonds is 4. The summed E-state index contributed by atoms with van der Waals surface area (Å²) in [5, 5.41) is 3.03. The summed E-state index contributed by atoms with van der Waals surface area (Å²) in [6.45, 7) is 4.92. The minimum Gasteiger partial charge on any atom is -0.484 e. The Kier molecular flexibility index (Phi) is 4.13. The summed E-state index contributed by atoms with van der Waals surface area (Å²) in [4.78, 5) is 16.3. The second kappa shape index (κ2) is 6.22. The molecule has 3 rings (SSSR count). The van der Waals surface area contributed by atoms with Crippen LogP contribution < -0.4 is 10.1 Å². The van der Waals surface area contributed by atoms with Crippen LogP contribution >= 0.6 is 0 Å². The quantitative estimate of drug-likeness (QED) is 0.939. The van der Waals surface area contributed by atoms with Gasteiger partial charge in [-0.3, -0.25) is 4.79 Å². The molecule has 0 bridgehead atoms. The molecule has 1 N–H and O–H groups in total. The zero-order chi connectivity index (χ0) is 15.5. The standard InChI is InChI=1S/C17H21N3O2/c1-12-3-5-15(9-13(12)2)22-11-17(21)19-14-4-6-16-18-7-8-20(16)10-14/h3,5,7-9,14H,4,6,10-11H2,1-2H3,(H,19,21). The molecule has 0 aliphatic carbocycles. The minimum atomic E-state index is -0.0770. The summed E-state index contributed by atoms with van der Waals surface area (Å²) in [6.07, 6.45) is 5.59. The van der Waals surface area contributed by atoms with Gasteiger partial charge < -0.3 is 14.6 Å². The maximum atomic E-state index is 12.0. The number of hydrogen-bond donors (Lipinski definition) is 1. The lowest BCUT2D eigenvalue weighted by Gasteiger charge is -2.24. The molecule has 22 heavy (non-hydrogen) atoms. The third-order valence-electron chi connectivity index (χ3n) is 4.15. The van der Waals surface area contributed by atoms with E-state index in [-0.39, 0.29) is 18.6 Å². The van der Waals surface area contributed by atoms with Crippen LogP contribution in [0.4, 0.5) is 0 Å². The average molecular weight is 299 g/mol. The van der Waals surface area contributed by atoms with Gasteiger partial charge in [-0.2, -0.15) is 0 Å². The number of aryl methyl sites for hydroxylation is 3. The van der Waals surface area contributed by atoms with Gasteiger partial charge in [0.15, 0.2) is 6.61 Å². The normalized spacial score (nSPS) is 16.9. The Labute approximate surface area is 130 Å². The van der Waals surface area contributed by atoms with Crippen LogP contribution in [0.5, 0.6) is 5.75 Å². The van der Waals surface area contributed by atoms with E-state index in [4.69, 9.17) is 4.74 Å². The molecule has 1 unspecified atom stereocenters. The third-order valence-corrected chi connectivity index (χ3v) is 4.15. The second-order valence-electron chi connectivity index (χ2n) is 5.83. The Morgan fingerprint density at radius 3 is 3.09 bits per heavy atom. The van der Waals surface area contributed by atoms with Crippen LogP contribution in [0.2, 0.25) is 0 Å². The first-order chi connectivity index (χ1) is 10.6. The Morgan fingerprint density at radius 2 is 2.27 bits per heavy atom. The molecule has 2 heterocycles. The van der Waals surface area contributed by atoms with Crippen LogP contribution in [0.15, 0.2) is 30.6 Å². The van der Waals surface area contributed by atoms with E-state index in [1.165, 1.54) is 5.56 Å². The predicted octanol–water partition coefficient (Wildman–Crippen LogP) is 2.01. The van der Waals surface area contributed by atoms with Gasteiger partial charge in [0.2, 0.25) is 0 Å². The fraction of sp³-hybridized carbons (Fsp3) is 0.412. The Bertz CT molecular complexity index is 678. The fourth-order valence-electron chi connectivity index (χ4n) is 2.71. The molecule has 0 fully saturated rings. The largest absolute Gasteiger partial charge is 0.484 e. The van der Waals surface area contributed by atoms with Gasteiger partial charge in [-0.05, 0) is 43.5 Å². The first-order valence-corrected chi connectivity index (χ1v) is 7.61. The van der Waals surface area contributed by atoms with Gasteiger partial charge in [0, 0.05) is 31.4 Å². The number of benzene rings is 1. The van der Waals surface area contributed by atoms with Gasteiger partial charge in [-0.1, -0.05) is 6.07 Å². The molecule has 1 aliphatic heterocycles. The number of imidazole rings is 1. The molecule has 116 valence electrons. The summed E-state index contributed by atoms with van der Waals surface area (Å²) in [5.41, 5.74) is 2.38. The van der Waals surface area contributed by atoms with Crippen molar-refractivity contribution in [1.29, 1.82) is 0 Å². The second-order valence-corrected chi connectivity index (χ2v) is 5.83. The Balaban J connectivity index is 1.50. The van der Waals surface area contributed by atoms with Crippen LogP contribution in [0.25, 0.3) is 0 Å². The fourth-order valence-corrected chi connectivity index (χ4v) is 2.71. The summed E-state index contributed by atoms with van der Waals surface area (Å²) in [6, 6.07) is 6.01. The maximum Gasteiger partial charge on any atom is 0.258 e. The minimum absolute atomic E-state index is 0.0514.